The maximum absolute atomic E-state index is 12.4. The molecule has 2 aromatic carbocycles. The molecule has 0 spiro atoms. The van der Waals surface area contributed by atoms with Gasteiger partial charge >= 0.3 is 0 Å². The number of rotatable bonds is 7. The van der Waals surface area contributed by atoms with Crippen LogP contribution in [0.3, 0.4) is 0 Å². The first-order valence-corrected chi connectivity index (χ1v) is 7.64. The SMILES string of the molecule is CCCCCCc1ccc(O)c(C(=O)c2ccccc2)c1. The van der Waals surface area contributed by atoms with Gasteiger partial charge in [0.15, 0.2) is 5.78 Å². The van der Waals surface area contributed by atoms with E-state index in [1.54, 1.807) is 18.2 Å². The maximum Gasteiger partial charge on any atom is 0.196 e. The van der Waals surface area contributed by atoms with Gasteiger partial charge in [0.1, 0.15) is 5.75 Å². The van der Waals surface area contributed by atoms with E-state index >= 15 is 0 Å². The van der Waals surface area contributed by atoms with Crippen molar-refractivity contribution >= 4 is 5.78 Å². The number of carbonyl (C=O) groups excluding carboxylic acids is 1. The summed E-state index contributed by atoms with van der Waals surface area (Å²) >= 11 is 0. The molecule has 0 aliphatic heterocycles. The number of aryl methyl sites for hydroxylation is 1. The van der Waals surface area contributed by atoms with Gasteiger partial charge in [0.25, 0.3) is 0 Å². The summed E-state index contributed by atoms with van der Waals surface area (Å²) < 4.78 is 0. The van der Waals surface area contributed by atoms with Crippen molar-refractivity contribution in [3.63, 3.8) is 0 Å². The Morgan fingerprint density at radius 1 is 1.00 bits per heavy atom. The Morgan fingerprint density at radius 2 is 1.76 bits per heavy atom. The average molecular weight is 282 g/mol. The van der Waals surface area contributed by atoms with Gasteiger partial charge in [-0.3, -0.25) is 4.79 Å². The quantitative estimate of drug-likeness (QED) is 0.588. The highest BCUT2D eigenvalue weighted by molar-refractivity contribution is 6.10. The van der Waals surface area contributed by atoms with Crippen LogP contribution in [0.15, 0.2) is 48.5 Å². The van der Waals surface area contributed by atoms with E-state index in [1.165, 1.54) is 19.3 Å². The summed E-state index contributed by atoms with van der Waals surface area (Å²) in [5.41, 5.74) is 2.12. The molecule has 0 atom stereocenters. The number of ketones is 1. The molecule has 0 aromatic heterocycles. The Kier molecular flexibility index (Phi) is 5.56. The second-order valence-electron chi connectivity index (χ2n) is 5.36. The van der Waals surface area contributed by atoms with Crippen molar-refractivity contribution in [3.05, 3.63) is 65.2 Å². The molecule has 2 aromatic rings. The molecule has 2 nitrogen and oxygen atoms in total. The molecule has 2 rings (SSSR count). The van der Waals surface area contributed by atoms with Crippen molar-refractivity contribution in [2.24, 2.45) is 0 Å². The van der Waals surface area contributed by atoms with Crippen LogP contribution >= 0.6 is 0 Å². The topological polar surface area (TPSA) is 37.3 Å². The molecule has 0 saturated carbocycles. The molecular weight excluding hydrogens is 260 g/mol. The second-order valence-corrected chi connectivity index (χ2v) is 5.36. The Balaban J connectivity index is 2.14. The molecule has 0 saturated heterocycles. The lowest BCUT2D eigenvalue weighted by Crippen LogP contribution is -2.02. The Hall–Kier alpha value is -2.09. The fourth-order valence-electron chi connectivity index (χ4n) is 2.42. The number of phenolic OH excluding ortho intramolecular Hbond substituents is 1. The van der Waals surface area contributed by atoms with E-state index in [0.717, 1.165) is 18.4 Å². The number of hydrogen-bond acceptors (Lipinski definition) is 2. The lowest BCUT2D eigenvalue weighted by Gasteiger charge is -2.07. The van der Waals surface area contributed by atoms with Crippen molar-refractivity contribution in [2.45, 2.75) is 39.0 Å². The molecule has 0 radical (unpaired) electrons. The highest BCUT2D eigenvalue weighted by Gasteiger charge is 2.13. The highest BCUT2D eigenvalue weighted by Crippen LogP contribution is 2.23. The number of benzene rings is 2. The van der Waals surface area contributed by atoms with Crippen LogP contribution in [0.2, 0.25) is 0 Å². The Labute approximate surface area is 126 Å². The minimum atomic E-state index is -0.122. The standard InChI is InChI=1S/C19H22O2/c1-2-3-4-6-9-15-12-13-18(20)17(14-15)19(21)16-10-7-5-8-11-16/h5,7-8,10-14,20H,2-4,6,9H2,1H3. The number of aromatic hydroxyl groups is 1. The molecule has 0 fully saturated rings. The van der Waals surface area contributed by atoms with Crippen LogP contribution in [0.5, 0.6) is 5.75 Å². The summed E-state index contributed by atoms with van der Waals surface area (Å²) in [4.78, 5) is 12.4. The van der Waals surface area contributed by atoms with E-state index in [4.69, 9.17) is 0 Å². The minimum absolute atomic E-state index is 0.0566. The van der Waals surface area contributed by atoms with E-state index in [2.05, 4.69) is 6.92 Å². The number of phenols is 1. The molecule has 0 aliphatic carbocycles. The third kappa shape index (κ3) is 4.19. The number of unbranched alkanes of at least 4 members (excludes halogenated alkanes) is 3. The monoisotopic (exact) mass is 282 g/mol. The molecule has 0 amide bonds. The summed E-state index contributed by atoms with van der Waals surface area (Å²) in [7, 11) is 0. The summed E-state index contributed by atoms with van der Waals surface area (Å²) in [6.45, 7) is 2.19. The predicted molar refractivity (Wildman–Crippen MR) is 85.8 cm³/mol. The van der Waals surface area contributed by atoms with Crippen molar-refractivity contribution < 1.29 is 9.90 Å². The van der Waals surface area contributed by atoms with E-state index in [9.17, 15) is 9.90 Å². The first-order valence-electron chi connectivity index (χ1n) is 7.64. The first kappa shape index (κ1) is 15.3. The van der Waals surface area contributed by atoms with Gasteiger partial charge in [0.05, 0.1) is 5.56 Å². The molecular formula is C19H22O2. The Morgan fingerprint density at radius 3 is 2.48 bits per heavy atom. The van der Waals surface area contributed by atoms with Gasteiger partial charge in [0, 0.05) is 5.56 Å². The van der Waals surface area contributed by atoms with E-state index in [0.29, 0.717) is 11.1 Å². The molecule has 21 heavy (non-hydrogen) atoms. The van der Waals surface area contributed by atoms with E-state index in [-0.39, 0.29) is 11.5 Å². The van der Waals surface area contributed by atoms with Crippen molar-refractivity contribution in [1.82, 2.24) is 0 Å². The summed E-state index contributed by atoms with van der Waals surface area (Å²) in [6.07, 6.45) is 5.74. The zero-order valence-corrected chi connectivity index (χ0v) is 12.5. The molecule has 0 bridgehead atoms. The predicted octanol–water partition coefficient (Wildman–Crippen LogP) is 4.75. The zero-order valence-electron chi connectivity index (χ0n) is 12.5. The van der Waals surface area contributed by atoms with Crippen molar-refractivity contribution in [1.29, 1.82) is 0 Å². The third-order valence-electron chi connectivity index (χ3n) is 3.66. The van der Waals surface area contributed by atoms with Crippen LogP contribution in [0, 0.1) is 0 Å². The zero-order chi connectivity index (χ0) is 15.1. The van der Waals surface area contributed by atoms with Crippen LogP contribution in [-0.4, -0.2) is 10.9 Å². The van der Waals surface area contributed by atoms with Crippen LogP contribution < -0.4 is 0 Å². The van der Waals surface area contributed by atoms with Gasteiger partial charge in [-0.25, -0.2) is 0 Å². The summed E-state index contributed by atoms with van der Waals surface area (Å²) in [6, 6.07) is 14.5. The molecule has 110 valence electrons. The van der Waals surface area contributed by atoms with Gasteiger partial charge in [-0.05, 0) is 30.5 Å². The van der Waals surface area contributed by atoms with Crippen LogP contribution in [0.25, 0.3) is 0 Å². The van der Waals surface area contributed by atoms with E-state index in [1.807, 2.05) is 30.3 Å². The normalized spacial score (nSPS) is 10.5. The summed E-state index contributed by atoms with van der Waals surface area (Å²) in [5.74, 6) is -0.0651. The fourth-order valence-corrected chi connectivity index (χ4v) is 2.42. The van der Waals surface area contributed by atoms with Gasteiger partial charge in [-0.15, -0.1) is 0 Å². The first-order chi connectivity index (χ1) is 10.2. The van der Waals surface area contributed by atoms with Crippen LogP contribution in [0.1, 0.15) is 54.1 Å². The molecule has 1 N–H and O–H groups in total. The molecule has 0 unspecified atom stereocenters. The third-order valence-corrected chi connectivity index (χ3v) is 3.66. The molecule has 0 heterocycles. The van der Waals surface area contributed by atoms with Gasteiger partial charge in [0.2, 0.25) is 0 Å². The van der Waals surface area contributed by atoms with Crippen molar-refractivity contribution in [2.75, 3.05) is 0 Å². The van der Waals surface area contributed by atoms with Gasteiger partial charge in [-0.2, -0.15) is 0 Å². The average Bonchev–Trinajstić information content (AvgIpc) is 2.53. The lowest BCUT2D eigenvalue weighted by molar-refractivity contribution is 0.103. The second kappa shape index (κ2) is 7.63. The lowest BCUT2D eigenvalue weighted by atomic mass is 9.98. The minimum Gasteiger partial charge on any atom is -0.507 e. The smallest absolute Gasteiger partial charge is 0.196 e. The van der Waals surface area contributed by atoms with E-state index < -0.39 is 0 Å². The summed E-state index contributed by atoms with van der Waals surface area (Å²) in [5, 5.41) is 9.96. The van der Waals surface area contributed by atoms with Crippen LogP contribution in [0.4, 0.5) is 0 Å². The van der Waals surface area contributed by atoms with Crippen molar-refractivity contribution in [3.8, 4) is 5.75 Å². The number of carbonyl (C=O) groups is 1. The van der Waals surface area contributed by atoms with Gasteiger partial charge in [-0.1, -0.05) is 62.6 Å². The molecule has 2 heteroatoms. The maximum atomic E-state index is 12.4. The highest BCUT2D eigenvalue weighted by atomic mass is 16.3. The Bertz CT molecular complexity index is 588. The van der Waals surface area contributed by atoms with Gasteiger partial charge < -0.3 is 5.11 Å². The molecule has 0 aliphatic rings. The fraction of sp³-hybridized carbons (Fsp3) is 0.316. The van der Waals surface area contributed by atoms with Crippen LogP contribution in [-0.2, 0) is 6.42 Å². The largest absolute Gasteiger partial charge is 0.507 e. The number of hydrogen-bond donors (Lipinski definition) is 1.